The Morgan fingerprint density at radius 2 is 1.78 bits per heavy atom. The molecule has 4 heteroatoms. The van der Waals surface area contributed by atoms with Crippen LogP contribution in [0.2, 0.25) is 0 Å². The molecular formula is C14H22N2O2. The van der Waals surface area contributed by atoms with Gasteiger partial charge in [0.25, 0.3) is 0 Å². The van der Waals surface area contributed by atoms with Gasteiger partial charge in [0.05, 0.1) is 5.41 Å². The van der Waals surface area contributed by atoms with E-state index >= 15 is 0 Å². The molecule has 1 spiro atoms. The minimum atomic E-state index is -0.171. The van der Waals surface area contributed by atoms with E-state index in [2.05, 4.69) is 0 Å². The summed E-state index contributed by atoms with van der Waals surface area (Å²) < 4.78 is 0. The van der Waals surface area contributed by atoms with Gasteiger partial charge in [0.2, 0.25) is 11.8 Å². The second-order valence-electron chi connectivity index (χ2n) is 5.52. The second-order valence-corrected chi connectivity index (χ2v) is 5.52. The molecule has 0 atom stereocenters. The molecule has 0 saturated carbocycles. The third-order valence-electron chi connectivity index (χ3n) is 4.50. The highest BCUT2D eigenvalue weighted by Crippen LogP contribution is 2.41. The van der Waals surface area contributed by atoms with E-state index in [1.54, 1.807) is 0 Å². The Labute approximate surface area is 109 Å². The molecule has 2 rings (SSSR count). The molecule has 0 aromatic heterocycles. The van der Waals surface area contributed by atoms with Crippen molar-refractivity contribution in [3.05, 3.63) is 11.6 Å². The molecule has 2 saturated heterocycles. The summed E-state index contributed by atoms with van der Waals surface area (Å²) in [5.74, 6) is 0.392. The molecule has 0 aromatic carbocycles. The van der Waals surface area contributed by atoms with Crippen molar-refractivity contribution in [2.75, 3.05) is 26.7 Å². The van der Waals surface area contributed by atoms with Crippen LogP contribution in [-0.2, 0) is 9.59 Å². The van der Waals surface area contributed by atoms with E-state index in [0.717, 1.165) is 31.4 Å². The first kappa shape index (κ1) is 13.1. The van der Waals surface area contributed by atoms with Gasteiger partial charge >= 0.3 is 0 Å². The number of hydrogen-bond donors (Lipinski definition) is 0. The minimum absolute atomic E-state index is 0.117. The zero-order chi connectivity index (χ0) is 13.3. The maximum absolute atomic E-state index is 12.2. The molecule has 2 amide bonds. The van der Waals surface area contributed by atoms with E-state index in [1.807, 2.05) is 36.8 Å². The second kappa shape index (κ2) is 4.75. The van der Waals surface area contributed by atoms with Crippen LogP contribution in [0.4, 0.5) is 0 Å². The molecule has 2 aliphatic rings. The topological polar surface area (TPSA) is 40.6 Å². The maximum Gasteiger partial charge on any atom is 0.249 e. The molecule has 0 radical (unpaired) electrons. The largest absolute Gasteiger partial charge is 0.345 e. The SMILES string of the molecule is C/C=C(\C)C(=O)N1CCC2(CCN(C)C2=O)CC1. The first-order valence-corrected chi connectivity index (χ1v) is 6.68. The van der Waals surface area contributed by atoms with E-state index in [0.29, 0.717) is 13.1 Å². The van der Waals surface area contributed by atoms with E-state index in [-0.39, 0.29) is 17.2 Å². The molecule has 4 nitrogen and oxygen atoms in total. The zero-order valence-electron chi connectivity index (χ0n) is 11.5. The molecule has 0 unspecified atom stereocenters. The molecule has 2 aliphatic heterocycles. The molecule has 2 fully saturated rings. The summed E-state index contributed by atoms with van der Waals surface area (Å²) in [6, 6.07) is 0. The third-order valence-corrected chi connectivity index (χ3v) is 4.50. The Bertz CT molecular complexity index is 393. The van der Waals surface area contributed by atoms with Crippen molar-refractivity contribution in [2.45, 2.75) is 33.1 Å². The first-order valence-electron chi connectivity index (χ1n) is 6.68. The summed E-state index contributed by atoms with van der Waals surface area (Å²) >= 11 is 0. The molecule has 18 heavy (non-hydrogen) atoms. The highest BCUT2D eigenvalue weighted by Gasteiger charge is 2.47. The van der Waals surface area contributed by atoms with Crippen molar-refractivity contribution >= 4 is 11.8 Å². The standard InChI is InChI=1S/C14H22N2O2/c1-4-11(2)12(17)16-9-6-14(7-10-16)5-8-15(3)13(14)18/h4H,5-10H2,1-3H3/b11-4+. The number of allylic oxidation sites excluding steroid dienone is 1. The van der Waals surface area contributed by atoms with Crippen molar-refractivity contribution in [3.8, 4) is 0 Å². The van der Waals surface area contributed by atoms with Crippen molar-refractivity contribution in [1.29, 1.82) is 0 Å². The normalized spacial score (nSPS) is 23.9. The summed E-state index contributed by atoms with van der Waals surface area (Å²) in [5, 5.41) is 0. The predicted octanol–water partition coefficient (Wildman–Crippen LogP) is 1.42. The smallest absolute Gasteiger partial charge is 0.249 e. The molecule has 0 aliphatic carbocycles. The van der Waals surface area contributed by atoms with Crippen LogP contribution in [0.5, 0.6) is 0 Å². The average molecular weight is 250 g/mol. The lowest BCUT2D eigenvalue weighted by atomic mass is 9.77. The van der Waals surface area contributed by atoms with Crippen molar-refractivity contribution in [2.24, 2.45) is 5.41 Å². The summed E-state index contributed by atoms with van der Waals surface area (Å²) in [6.07, 6.45) is 4.44. The van der Waals surface area contributed by atoms with Crippen molar-refractivity contribution in [1.82, 2.24) is 9.80 Å². The lowest BCUT2D eigenvalue weighted by Crippen LogP contribution is -2.46. The van der Waals surface area contributed by atoms with Crippen LogP contribution in [0.1, 0.15) is 33.1 Å². The van der Waals surface area contributed by atoms with Gasteiger partial charge in [-0.05, 0) is 33.1 Å². The fourth-order valence-electron chi connectivity index (χ4n) is 2.97. The van der Waals surface area contributed by atoms with Crippen LogP contribution in [0.3, 0.4) is 0 Å². The number of hydrogen-bond acceptors (Lipinski definition) is 2. The van der Waals surface area contributed by atoms with Crippen molar-refractivity contribution < 1.29 is 9.59 Å². The molecule has 0 aromatic rings. The van der Waals surface area contributed by atoms with Gasteiger partial charge in [-0.25, -0.2) is 0 Å². The lowest BCUT2D eigenvalue weighted by Gasteiger charge is -2.37. The Morgan fingerprint density at radius 3 is 2.22 bits per heavy atom. The number of piperidine rings is 1. The number of nitrogens with zero attached hydrogens (tertiary/aromatic N) is 2. The monoisotopic (exact) mass is 250 g/mol. The lowest BCUT2D eigenvalue weighted by molar-refractivity contribution is -0.140. The van der Waals surface area contributed by atoms with Crippen LogP contribution in [0.15, 0.2) is 11.6 Å². The first-order chi connectivity index (χ1) is 8.50. The van der Waals surface area contributed by atoms with Gasteiger partial charge in [-0.3, -0.25) is 9.59 Å². The molecule has 0 N–H and O–H groups in total. The van der Waals surface area contributed by atoms with Gasteiger partial charge in [-0.15, -0.1) is 0 Å². The minimum Gasteiger partial charge on any atom is -0.345 e. The zero-order valence-corrected chi connectivity index (χ0v) is 11.5. The molecule has 100 valence electrons. The Kier molecular flexibility index (Phi) is 3.46. The quantitative estimate of drug-likeness (QED) is 0.660. The molecule has 0 bridgehead atoms. The van der Waals surface area contributed by atoms with Gasteiger partial charge < -0.3 is 9.80 Å². The Balaban J connectivity index is 2.01. The number of likely N-dealkylation sites (tertiary alicyclic amines) is 2. The van der Waals surface area contributed by atoms with Gasteiger partial charge in [-0.2, -0.15) is 0 Å². The van der Waals surface area contributed by atoms with Crippen LogP contribution < -0.4 is 0 Å². The van der Waals surface area contributed by atoms with Gasteiger partial charge in [0.15, 0.2) is 0 Å². The van der Waals surface area contributed by atoms with Gasteiger partial charge in [0.1, 0.15) is 0 Å². The highest BCUT2D eigenvalue weighted by atomic mass is 16.2. The Morgan fingerprint density at radius 1 is 1.22 bits per heavy atom. The number of rotatable bonds is 1. The summed E-state index contributed by atoms with van der Waals surface area (Å²) in [7, 11) is 1.87. The van der Waals surface area contributed by atoms with E-state index < -0.39 is 0 Å². The number of amides is 2. The fourth-order valence-corrected chi connectivity index (χ4v) is 2.97. The summed E-state index contributed by atoms with van der Waals surface area (Å²) in [4.78, 5) is 27.9. The Hall–Kier alpha value is -1.32. The number of carbonyl (C=O) groups excluding carboxylic acids is 2. The van der Waals surface area contributed by atoms with Gasteiger partial charge in [-0.1, -0.05) is 6.08 Å². The summed E-state index contributed by atoms with van der Waals surface area (Å²) in [6.45, 7) is 6.02. The third kappa shape index (κ3) is 2.04. The van der Waals surface area contributed by atoms with Crippen molar-refractivity contribution in [3.63, 3.8) is 0 Å². The van der Waals surface area contributed by atoms with Gasteiger partial charge in [0, 0.05) is 32.3 Å². The highest BCUT2D eigenvalue weighted by molar-refractivity contribution is 5.93. The summed E-state index contributed by atoms with van der Waals surface area (Å²) in [5.41, 5.74) is 0.621. The van der Waals surface area contributed by atoms with Crippen LogP contribution in [0, 0.1) is 5.41 Å². The predicted molar refractivity (Wildman–Crippen MR) is 69.9 cm³/mol. The van der Waals surface area contributed by atoms with Crippen LogP contribution in [0.25, 0.3) is 0 Å². The van der Waals surface area contributed by atoms with Crippen LogP contribution in [-0.4, -0.2) is 48.3 Å². The number of carbonyl (C=O) groups is 2. The maximum atomic E-state index is 12.2. The fraction of sp³-hybridized carbons (Fsp3) is 0.714. The van der Waals surface area contributed by atoms with E-state index in [1.165, 1.54) is 0 Å². The average Bonchev–Trinajstić information content (AvgIpc) is 2.67. The van der Waals surface area contributed by atoms with E-state index in [9.17, 15) is 9.59 Å². The van der Waals surface area contributed by atoms with Crippen LogP contribution >= 0.6 is 0 Å². The molecule has 2 heterocycles. The molecular weight excluding hydrogens is 228 g/mol. The van der Waals surface area contributed by atoms with E-state index in [4.69, 9.17) is 0 Å².